The molecule has 2 heterocycles. The zero-order valence-corrected chi connectivity index (χ0v) is 24.2. The van der Waals surface area contributed by atoms with Crippen LogP contribution in [-0.4, -0.2) is 46.9 Å². The Balaban J connectivity index is 1.33. The number of aromatic nitrogens is 2. The Bertz CT molecular complexity index is 1460. The fourth-order valence-corrected chi connectivity index (χ4v) is 5.21. The summed E-state index contributed by atoms with van der Waals surface area (Å²) in [5, 5.41) is 5.97. The summed E-state index contributed by atoms with van der Waals surface area (Å²) in [6.07, 6.45) is 0. The quantitative estimate of drug-likeness (QED) is 0.215. The molecule has 0 spiro atoms. The van der Waals surface area contributed by atoms with Crippen LogP contribution in [0.2, 0.25) is 0 Å². The lowest BCUT2D eigenvalue weighted by Crippen LogP contribution is -2.11. The summed E-state index contributed by atoms with van der Waals surface area (Å²) in [5.74, 6) is -0.757. The number of carbonyl (C=O) groups is 4. The number of esters is 2. The van der Waals surface area contributed by atoms with Crippen LogP contribution in [0.1, 0.15) is 65.3 Å². The first-order valence-electron chi connectivity index (χ1n) is 12.5. The molecule has 2 N–H and O–H groups in total. The summed E-state index contributed by atoms with van der Waals surface area (Å²) in [5.41, 5.74) is 1.71. The molecule has 13 heteroatoms. The number of anilines is 2. The Hall–Kier alpha value is -4.62. The van der Waals surface area contributed by atoms with Gasteiger partial charge in [-0.1, -0.05) is 22.7 Å². The van der Waals surface area contributed by atoms with Crippen LogP contribution in [0.4, 0.5) is 10.3 Å². The molecule has 11 nitrogen and oxygen atoms in total. The Morgan fingerprint density at radius 1 is 0.659 bits per heavy atom. The second-order valence-electron chi connectivity index (χ2n) is 8.37. The molecule has 0 radical (unpaired) electrons. The third-order valence-electron chi connectivity index (χ3n) is 5.42. The smallest absolute Gasteiger partial charge is 0.350 e. The van der Waals surface area contributed by atoms with Gasteiger partial charge in [-0.3, -0.25) is 20.2 Å². The van der Waals surface area contributed by atoms with Crippen LogP contribution >= 0.6 is 22.7 Å². The number of aryl methyl sites for hydroxylation is 2. The van der Waals surface area contributed by atoms with E-state index >= 15 is 0 Å². The van der Waals surface area contributed by atoms with Gasteiger partial charge in [0.25, 0.3) is 11.8 Å². The van der Waals surface area contributed by atoms with Gasteiger partial charge < -0.3 is 14.2 Å². The molecule has 4 rings (SSSR count). The average Bonchev–Trinajstić information content (AvgIpc) is 3.50. The van der Waals surface area contributed by atoms with Crippen molar-refractivity contribution in [3.8, 4) is 11.5 Å². The van der Waals surface area contributed by atoms with Gasteiger partial charge in [-0.2, -0.15) is 0 Å². The van der Waals surface area contributed by atoms with E-state index in [2.05, 4.69) is 20.6 Å². The maximum atomic E-state index is 12.6. The second kappa shape index (κ2) is 13.2. The predicted octanol–water partition coefficient (Wildman–Crippen LogP) is 5.87. The second-order valence-corrected chi connectivity index (χ2v) is 10.4. The average molecular weight is 595 g/mol. The normalized spacial score (nSPS) is 10.5. The molecule has 0 atom stereocenters. The zero-order valence-electron chi connectivity index (χ0n) is 22.6. The van der Waals surface area contributed by atoms with Gasteiger partial charge in [-0.05, 0) is 76.2 Å². The number of carbonyl (C=O) groups excluding carboxylic acids is 4. The maximum absolute atomic E-state index is 12.6. The first-order valence-corrected chi connectivity index (χ1v) is 14.1. The van der Waals surface area contributed by atoms with Crippen LogP contribution < -0.4 is 15.4 Å². The highest BCUT2D eigenvalue weighted by Crippen LogP contribution is 2.27. The summed E-state index contributed by atoms with van der Waals surface area (Å²) in [6.45, 7) is 7.28. The van der Waals surface area contributed by atoms with Crippen molar-refractivity contribution in [3.63, 3.8) is 0 Å². The molecule has 0 saturated heterocycles. The van der Waals surface area contributed by atoms with Crippen molar-refractivity contribution in [1.29, 1.82) is 0 Å². The van der Waals surface area contributed by atoms with Gasteiger partial charge in [0.1, 0.15) is 21.3 Å². The Morgan fingerprint density at radius 3 is 1.37 bits per heavy atom. The standard InChI is InChI=1S/C28H26N4O7S2/c1-5-37-25(35)21-15(3)29-27(40-21)31-23(33)17-7-11-19(12-8-17)39-20-13-9-18(10-14-20)24(34)32-28-30-16(4)22(41-28)26(36)38-6-2/h7-14H,5-6H2,1-4H3,(H,29,31,33)(H,30,32,34). The molecule has 2 aromatic heterocycles. The van der Waals surface area contributed by atoms with E-state index in [0.29, 0.717) is 54.0 Å². The van der Waals surface area contributed by atoms with Crippen LogP contribution in [-0.2, 0) is 9.47 Å². The fourth-order valence-electron chi connectivity index (χ4n) is 3.50. The van der Waals surface area contributed by atoms with E-state index in [4.69, 9.17) is 14.2 Å². The van der Waals surface area contributed by atoms with Crippen molar-refractivity contribution in [2.75, 3.05) is 23.8 Å². The fraction of sp³-hybridized carbons (Fsp3) is 0.214. The molecule has 2 amide bonds. The Kier molecular flexibility index (Phi) is 9.42. The SMILES string of the molecule is CCOC(=O)c1sc(NC(=O)c2ccc(Oc3ccc(C(=O)Nc4nc(C)c(C(=O)OCC)s4)cc3)cc2)nc1C. The van der Waals surface area contributed by atoms with Crippen LogP contribution in [0.5, 0.6) is 11.5 Å². The van der Waals surface area contributed by atoms with E-state index in [1.807, 2.05) is 0 Å². The summed E-state index contributed by atoms with van der Waals surface area (Å²) in [7, 11) is 0. The minimum absolute atomic E-state index is 0.249. The van der Waals surface area contributed by atoms with Crippen molar-refractivity contribution >= 4 is 56.7 Å². The minimum atomic E-state index is -0.475. The molecule has 2 aromatic carbocycles. The molecule has 41 heavy (non-hydrogen) atoms. The van der Waals surface area contributed by atoms with Crippen molar-refractivity contribution in [2.45, 2.75) is 27.7 Å². The molecule has 0 bridgehead atoms. The minimum Gasteiger partial charge on any atom is -0.462 e. The van der Waals surface area contributed by atoms with Crippen molar-refractivity contribution < 1.29 is 33.4 Å². The molecule has 0 aliphatic heterocycles. The summed E-state index contributed by atoms with van der Waals surface area (Å²) in [6, 6.07) is 12.9. The van der Waals surface area contributed by atoms with Gasteiger partial charge in [0.15, 0.2) is 10.3 Å². The molecule has 0 fully saturated rings. The van der Waals surface area contributed by atoms with E-state index in [1.54, 1.807) is 76.2 Å². The lowest BCUT2D eigenvalue weighted by Gasteiger charge is -2.08. The predicted molar refractivity (Wildman–Crippen MR) is 154 cm³/mol. The topological polar surface area (TPSA) is 146 Å². The van der Waals surface area contributed by atoms with Gasteiger partial charge in [0, 0.05) is 11.1 Å². The third kappa shape index (κ3) is 7.32. The number of amides is 2. The number of ether oxygens (including phenoxy) is 3. The number of nitrogens with one attached hydrogen (secondary N) is 2. The third-order valence-corrected chi connectivity index (χ3v) is 7.53. The molecular formula is C28H26N4O7S2. The summed E-state index contributed by atoms with van der Waals surface area (Å²) < 4.78 is 15.8. The highest BCUT2D eigenvalue weighted by molar-refractivity contribution is 7.18. The molecule has 0 saturated carbocycles. The van der Waals surface area contributed by atoms with Gasteiger partial charge in [0.05, 0.1) is 24.6 Å². The van der Waals surface area contributed by atoms with E-state index in [9.17, 15) is 19.2 Å². The van der Waals surface area contributed by atoms with Crippen molar-refractivity contribution in [3.05, 3.63) is 80.8 Å². The molecule has 212 valence electrons. The van der Waals surface area contributed by atoms with Crippen molar-refractivity contribution in [2.24, 2.45) is 0 Å². The highest BCUT2D eigenvalue weighted by atomic mass is 32.1. The Labute approximate surface area is 243 Å². The highest BCUT2D eigenvalue weighted by Gasteiger charge is 2.19. The van der Waals surface area contributed by atoms with Crippen molar-refractivity contribution in [1.82, 2.24) is 9.97 Å². The van der Waals surface area contributed by atoms with Crippen LogP contribution in [0, 0.1) is 13.8 Å². The van der Waals surface area contributed by atoms with Crippen LogP contribution in [0.15, 0.2) is 48.5 Å². The number of nitrogens with zero attached hydrogens (tertiary/aromatic N) is 2. The lowest BCUT2D eigenvalue weighted by molar-refractivity contribution is 0.0521. The molecule has 0 unspecified atom stereocenters. The number of hydrogen-bond acceptors (Lipinski definition) is 11. The largest absolute Gasteiger partial charge is 0.462 e. The number of thiazole rings is 2. The molecule has 0 aliphatic rings. The van der Waals surface area contributed by atoms with E-state index in [-0.39, 0.29) is 25.0 Å². The monoisotopic (exact) mass is 594 g/mol. The van der Waals surface area contributed by atoms with Gasteiger partial charge in [-0.25, -0.2) is 19.6 Å². The molecule has 4 aromatic rings. The summed E-state index contributed by atoms with van der Waals surface area (Å²) in [4.78, 5) is 58.4. The van der Waals surface area contributed by atoms with E-state index in [1.165, 1.54) is 0 Å². The zero-order chi connectivity index (χ0) is 29.5. The van der Waals surface area contributed by atoms with E-state index < -0.39 is 11.9 Å². The number of hydrogen-bond donors (Lipinski definition) is 2. The molecular weight excluding hydrogens is 568 g/mol. The van der Waals surface area contributed by atoms with Crippen LogP contribution in [0.3, 0.4) is 0 Å². The van der Waals surface area contributed by atoms with Gasteiger partial charge in [0.2, 0.25) is 0 Å². The summed E-state index contributed by atoms with van der Waals surface area (Å²) >= 11 is 2.10. The van der Waals surface area contributed by atoms with Gasteiger partial charge in [-0.15, -0.1) is 0 Å². The lowest BCUT2D eigenvalue weighted by atomic mass is 10.2. The first-order chi connectivity index (χ1) is 19.7. The molecule has 0 aliphatic carbocycles. The van der Waals surface area contributed by atoms with Gasteiger partial charge >= 0.3 is 11.9 Å². The maximum Gasteiger partial charge on any atom is 0.350 e. The number of benzene rings is 2. The Morgan fingerprint density at radius 2 is 1.02 bits per heavy atom. The van der Waals surface area contributed by atoms with Crippen LogP contribution in [0.25, 0.3) is 0 Å². The van der Waals surface area contributed by atoms with E-state index in [0.717, 1.165) is 22.7 Å². The number of rotatable bonds is 10. The first kappa shape index (κ1) is 29.4.